The van der Waals surface area contributed by atoms with Crippen molar-refractivity contribution >= 4 is 35.1 Å². The number of benzene rings is 2. The lowest BCUT2D eigenvalue weighted by atomic mass is 10.2. The van der Waals surface area contributed by atoms with E-state index in [1.807, 2.05) is 30.3 Å². The zero-order valence-electron chi connectivity index (χ0n) is 16.0. The van der Waals surface area contributed by atoms with Crippen LogP contribution in [0, 0.1) is 0 Å². The van der Waals surface area contributed by atoms with Gasteiger partial charge < -0.3 is 13.8 Å². The van der Waals surface area contributed by atoms with Crippen molar-refractivity contribution in [3.8, 4) is 16.3 Å². The second kappa shape index (κ2) is 8.97. The number of rotatable bonds is 8. The van der Waals surface area contributed by atoms with Crippen LogP contribution in [0.2, 0.25) is 0 Å². The summed E-state index contributed by atoms with van der Waals surface area (Å²) in [6.07, 6.45) is 0.237. The van der Waals surface area contributed by atoms with Gasteiger partial charge in [0.2, 0.25) is 0 Å². The average molecular weight is 419 g/mol. The van der Waals surface area contributed by atoms with Gasteiger partial charge >= 0.3 is 13.6 Å². The van der Waals surface area contributed by atoms with Crippen LogP contribution in [-0.2, 0) is 24.6 Å². The van der Waals surface area contributed by atoms with Gasteiger partial charge in [0.1, 0.15) is 10.8 Å². The molecule has 8 heteroatoms. The molecule has 6 nitrogen and oxygen atoms in total. The topological polar surface area (TPSA) is 74.7 Å². The molecule has 28 heavy (non-hydrogen) atoms. The van der Waals surface area contributed by atoms with Crippen molar-refractivity contribution in [2.45, 2.75) is 26.9 Å². The normalized spacial score (nSPS) is 11.7. The van der Waals surface area contributed by atoms with E-state index in [-0.39, 0.29) is 12.1 Å². The zero-order valence-corrected chi connectivity index (χ0v) is 17.7. The first-order chi connectivity index (χ1) is 13.4. The van der Waals surface area contributed by atoms with E-state index < -0.39 is 7.60 Å². The predicted octanol–water partition coefficient (Wildman–Crippen LogP) is 5.65. The Morgan fingerprint density at radius 1 is 1.07 bits per heavy atom. The van der Waals surface area contributed by atoms with Crippen molar-refractivity contribution < 1.29 is 23.1 Å². The molecule has 0 aliphatic rings. The zero-order chi connectivity index (χ0) is 20.1. The number of fused-ring (bicyclic) bond motifs is 1. The number of hydrogen-bond acceptors (Lipinski definition) is 7. The smallest absolute Gasteiger partial charge is 0.335 e. The lowest BCUT2D eigenvalue weighted by Gasteiger charge is -2.17. The minimum absolute atomic E-state index is 0.237. The van der Waals surface area contributed by atoms with E-state index in [0.29, 0.717) is 19.0 Å². The quantitative estimate of drug-likeness (QED) is 0.267. The summed E-state index contributed by atoms with van der Waals surface area (Å²) in [7, 11) is -3.12. The van der Waals surface area contributed by atoms with Crippen LogP contribution >= 0.6 is 18.9 Å². The van der Waals surface area contributed by atoms with Crippen LogP contribution in [-0.4, -0.2) is 24.2 Å². The Kier molecular flexibility index (Phi) is 6.62. The molecule has 0 fully saturated rings. The number of carbonyl (C=O) groups is 1. The predicted molar refractivity (Wildman–Crippen MR) is 111 cm³/mol. The highest BCUT2D eigenvalue weighted by Gasteiger charge is 2.24. The van der Waals surface area contributed by atoms with Crippen LogP contribution in [0.15, 0.2) is 42.5 Å². The first kappa shape index (κ1) is 20.7. The van der Waals surface area contributed by atoms with Crippen molar-refractivity contribution in [3.63, 3.8) is 0 Å². The molecule has 1 heterocycles. The fraction of sp³-hybridized carbons (Fsp3) is 0.300. The van der Waals surface area contributed by atoms with Crippen LogP contribution < -0.4 is 4.74 Å². The highest BCUT2D eigenvalue weighted by atomic mass is 32.1. The largest absolute Gasteiger partial charge is 0.427 e. The molecule has 0 bridgehead atoms. The lowest BCUT2D eigenvalue weighted by Crippen LogP contribution is -2.00. The van der Waals surface area contributed by atoms with E-state index in [1.165, 1.54) is 6.92 Å². The standard InChI is InChI=1S/C20H22NO5PS/c1-4-24-27(23,25-5-2)13-15-6-8-16(9-7-15)20-21-18-12-17(26-14(3)22)10-11-19(18)28-20/h6-12H,4-5,13H2,1-3H3. The number of thiazole rings is 1. The van der Waals surface area contributed by atoms with Crippen LogP contribution in [0.25, 0.3) is 20.8 Å². The van der Waals surface area contributed by atoms with Crippen molar-refractivity contribution in [3.05, 3.63) is 48.0 Å². The van der Waals surface area contributed by atoms with Crippen molar-refractivity contribution in [2.75, 3.05) is 13.2 Å². The summed E-state index contributed by atoms with van der Waals surface area (Å²) >= 11 is 1.56. The Morgan fingerprint density at radius 3 is 2.36 bits per heavy atom. The second-order valence-corrected chi connectivity index (χ2v) is 9.13. The SMILES string of the molecule is CCOP(=O)(Cc1ccc(-c2nc3cc(OC(C)=O)ccc3s2)cc1)OCC. The number of aromatic nitrogens is 1. The first-order valence-electron chi connectivity index (χ1n) is 8.99. The number of ether oxygens (including phenoxy) is 1. The summed E-state index contributed by atoms with van der Waals surface area (Å²) in [5.74, 6) is 0.122. The number of esters is 1. The molecule has 0 unspecified atom stereocenters. The maximum atomic E-state index is 12.7. The minimum Gasteiger partial charge on any atom is -0.427 e. The van der Waals surface area contributed by atoms with E-state index in [0.717, 1.165) is 26.4 Å². The van der Waals surface area contributed by atoms with Gasteiger partial charge in [0.15, 0.2) is 0 Å². The molecule has 2 aromatic carbocycles. The van der Waals surface area contributed by atoms with E-state index in [9.17, 15) is 9.36 Å². The molecule has 0 aliphatic heterocycles. The van der Waals surface area contributed by atoms with Gasteiger partial charge in [-0.05, 0) is 31.5 Å². The Morgan fingerprint density at radius 2 is 1.75 bits per heavy atom. The Hall–Kier alpha value is -2.05. The van der Waals surface area contributed by atoms with Crippen molar-refractivity contribution in [2.24, 2.45) is 0 Å². The lowest BCUT2D eigenvalue weighted by molar-refractivity contribution is -0.131. The van der Waals surface area contributed by atoms with Gasteiger partial charge in [-0.2, -0.15) is 0 Å². The summed E-state index contributed by atoms with van der Waals surface area (Å²) in [4.78, 5) is 15.7. The van der Waals surface area contributed by atoms with Crippen molar-refractivity contribution in [1.82, 2.24) is 4.98 Å². The average Bonchev–Trinajstić information content (AvgIpc) is 3.05. The van der Waals surface area contributed by atoms with Crippen LogP contribution in [0.4, 0.5) is 0 Å². The molecule has 0 aliphatic carbocycles. The monoisotopic (exact) mass is 419 g/mol. The van der Waals surface area contributed by atoms with Gasteiger partial charge in [-0.15, -0.1) is 11.3 Å². The number of nitrogens with zero attached hydrogens (tertiary/aromatic N) is 1. The van der Waals surface area contributed by atoms with Gasteiger partial charge in [0.05, 0.1) is 29.6 Å². The van der Waals surface area contributed by atoms with Gasteiger partial charge in [-0.3, -0.25) is 9.36 Å². The molecule has 148 valence electrons. The third-order valence-corrected chi connectivity index (χ3v) is 6.99. The minimum atomic E-state index is -3.12. The summed E-state index contributed by atoms with van der Waals surface area (Å²) < 4.78 is 29.5. The Balaban J connectivity index is 1.81. The molecule has 0 saturated carbocycles. The molecular formula is C20H22NO5PS. The molecule has 0 amide bonds. The van der Waals surface area contributed by atoms with Crippen LogP contribution in [0.5, 0.6) is 5.75 Å². The van der Waals surface area contributed by atoms with E-state index in [4.69, 9.17) is 13.8 Å². The van der Waals surface area contributed by atoms with E-state index in [1.54, 1.807) is 37.3 Å². The molecule has 3 aromatic rings. The van der Waals surface area contributed by atoms with Crippen molar-refractivity contribution in [1.29, 1.82) is 0 Å². The van der Waals surface area contributed by atoms with E-state index >= 15 is 0 Å². The molecule has 0 N–H and O–H groups in total. The van der Waals surface area contributed by atoms with Crippen LogP contribution in [0.3, 0.4) is 0 Å². The maximum Gasteiger partial charge on any atom is 0.335 e. The summed E-state index contributed by atoms with van der Waals surface area (Å²) in [6, 6.07) is 13.1. The fourth-order valence-electron chi connectivity index (χ4n) is 2.76. The second-order valence-electron chi connectivity index (χ2n) is 6.04. The third-order valence-electron chi connectivity index (χ3n) is 3.85. The van der Waals surface area contributed by atoms with Gasteiger partial charge in [0, 0.05) is 18.6 Å². The molecule has 0 atom stereocenters. The number of hydrogen-bond donors (Lipinski definition) is 0. The molecule has 3 rings (SSSR count). The van der Waals surface area contributed by atoms with Gasteiger partial charge in [-0.1, -0.05) is 24.3 Å². The summed E-state index contributed by atoms with van der Waals surface area (Å²) in [5.41, 5.74) is 2.62. The molecule has 1 aromatic heterocycles. The molecule has 0 radical (unpaired) electrons. The summed E-state index contributed by atoms with van der Waals surface area (Å²) in [5, 5.41) is 0.860. The van der Waals surface area contributed by atoms with Gasteiger partial charge in [-0.25, -0.2) is 4.98 Å². The number of carbonyl (C=O) groups excluding carboxylic acids is 1. The van der Waals surface area contributed by atoms with Crippen LogP contribution in [0.1, 0.15) is 26.3 Å². The van der Waals surface area contributed by atoms with Gasteiger partial charge in [0.25, 0.3) is 0 Å². The highest BCUT2D eigenvalue weighted by molar-refractivity contribution is 7.53. The first-order valence-corrected chi connectivity index (χ1v) is 11.5. The third kappa shape index (κ3) is 5.06. The van der Waals surface area contributed by atoms with E-state index in [2.05, 4.69) is 4.98 Å². The maximum absolute atomic E-state index is 12.7. The Labute approximate surface area is 168 Å². The summed E-state index contributed by atoms with van der Waals surface area (Å²) in [6.45, 7) is 5.66. The highest BCUT2D eigenvalue weighted by Crippen LogP contribution is 2.51. The Bertz CT molecular complexity index is 1010. The molecular weight excluding hydrogens is 397 g/mol. The molecule has 0 saturated heterocycles. The fourth-order valence-corrected chi connectivity index (χ4v) is 5.41. The molecule has 0 spiro atoms.